The second-order valence-electron chi connectivity index (χ2n) is 13.4. The highest BCUT2D eigenvalue weighted by Gasteiger charge is 2.24. The quantitative estimate of drug-likeness (QED) is 0.109. The molecule has 1 N–H and O–H groups in total. The minimum absolute atomic E-state index is 0.122. The van der Waals surface area contributed by atoms with Gasteiger partial charge in [0.25, 0.3) is 0 Å². The fourth-order valence-corrected chi connectivity index (χ4v) is 7.24. The van der Waals surface area contributed by atoms with Gasteiger partial charge in [-0.05, 0) is 128 Å². The van der Waals surface area contributed by atoms with Crippen LogP contribution in [-0.4, -0.2) is 42.2 Å². The zero-order valence-corrected chi connectivity index (χ0v) is 31.1. The molecule has 10 heteroatoms. The number of pyridine rings is 1. The number of benzene rings is 4. The summed E-state index contributed by atoms with van der Waals surface area (Å²) >= 11 is 6.48. The molecular weight excluding hydrogens is 702 g/mol. The number of nitrogens with zero attached hydrogens (tertiary/aromatic N) is 2. The van der Waals surface area contributed by atoms with E-state index in [2.05, 4.69) is 27.4 Å². The van der Waals surface area contributed by atoms with Crippen LogP contribution in [0.25, 0.3) is 22.6 Å². The molecule has 0 spiro atoms. The zero-order chi connectivity index (χ0) is 37.4. The summed E-state index contributed by atoms with van der Waals surface area (Å²) in [6, 6.07) is 33.2. The Bertz CT molecular complexity index is 2200. The predicted octanol–water partition coefficient (Wildman–Crippen LogP) is 9.47. The number of fused-ring (bicyclic) bond motifs is 2. The van der Waals surface area contributed by atoms with Crippen LogP contribution in [0.4, 0.5) is 0 Å². The van der Waals surface area contributed by atoms with Gasteiger partial charge in [-0.25, -0.2) is 19.6 Å². The maximum atomic E-state index is 12.3. The van der Waals surface area contributed by atoms with E-state index >= 15 is 0 Å². The number of halogens is 1. The molecule has 1 aliphatic rings. The van der Waals surface area contributed by atoms with E-state index in [0.29, 0.717) is 35.4 Å². The molecule has 9 nitrogen and oxygen atoms in total. The van der Waals surface area contributed by atoms with Gasteiger partial charge in [-0.15, -0.1) is 0 Å². The second kappa shape index (κ2) is 17.1. The number of para-hydroxylation sites is 2. The highest BCUT2D eigenvalue weighted by Crippen LogP contribution is 2.32. The number of aromatic nitrogens is 2. The number of methoxy groups -OCH3 is 1. The van der Waals surface area contributed by atoms with Crippen LogP contribution in [0.3, 0.4) is 0 Å². The summed E-state index contributed by atoms with van der Waals surface area (Å²) in [6.07, 6.45) is 4.52. The topological polar surface area (TPSA) is 113 Å². The first-order valence-corrected chi connectivity index (χ1v) is 18.7. The van der Waals surface area contributed by atoms with Crippen LogP contribution in [0.5, 0.6) is 5.75 Å². The summed E-state index contributed by atoms with van der Waals surface area (Å²) in [4.78, 5) is 33.7. The first kappa shape index (κ1) is 36.8. The van der Waals surface area contributed by atoms with Crippen LogP contribution >= 0.6 is 11.6 Å². The number of aryl methyl sites for hydroxylation is 2. The molecule has 6 aromatic rings. The molecule has 4 aromatic carbocycles. The smallest absolute Gasteiger partial charge is 0.356 e. The number of hydrogen-bond acceptors (Lipinski definition) is 9. The first-order chi connectivity index (χ1) is 26.4. The van der Waals surface area contributed by atoms with Gasteiger partial charge in [0.2, 0.25) is 5.89 Å². The summed E-state index contributed by atoms with van der Waals surface area (Å²) in [7, 11) is 1.39. The van der Waals surface area contributed by atoms with E-state index in [-0.39, 0.29) is 17.9 Å². The lowest BCUT2D eigenvalue weighted by Gasteiger charge is -2.28. The minimum atomic E-state index is -0.391. The number of carbonyl (C=O) groups is 2. The van der Waals surface area contributed by atoms with E-state index in [0.717, 1.165) is 83.4 Å². The minimum Gasteiger partial charge on any atom is -0.489 e. The summed E-state index contributed by atoms with van der Waals surface area (Å²) in [6.45, 7) is 3.18. The molecule has 7 rings (SSSR count). The average molecular weight is 744 g/mol. The van der Waals surface area contributed by atoms with Gasteiger partial charge in [0.15, 0.2) is 5.58 Å². The molecule has 2 heterocycles. The molecule has 2 atom stereocenters. The van der Waals surface area contributed by atoms with Gasteiger partial charge in [0.1, 0.15) is 23.6 Å². The molecule has 0 aliphatic heterocycles. The largest absolute Gasteiger partial charge is 0.489 e. The molecule has 0 amide bonds. The SMILES string of the molecule is CCOC(=O)c1ccc2c(n1)CCCC2NCC(CCc1ccc(OCc2cc(Cl)cc(-c3nc4ccccc4o3)c2)cc1)c1ccc(C(=O)OC)cc1. The van der Waals surface area contributed by atoms with Crippen LogP contribution < -0.4 is 10.1 Å². The van der Waals surface area contributed by atoms with Gasteiger partial charge in [-0.1, -0.05) is 54.1 Å². The Labute approximate surface area is 319 Å². The maximum absolute atomic E-state index is 12.3. The van der Waals surface area contributed by atoms with Crippen molar-refractivity contribution in [2.24, 2.45) is 0 Å². The van der Waals surface area contributed by atoms with Crippen molar-refractivity contribution in [1.29, 1.82) is 0 Å². The van der Waals surface area contributed by atoms with Gasteiger partial charge < -0.3 is 23.9 Å². The standard InChI is InChI=1S/C44H42ClN3O6/c1-3-52-44(50)40-22-21-36-37(8-6-9-38(36)47-40)46-26-32(30-15-17-31(18-16-30)43(49)51-2)14-11-28-12-19-35(20-13-28)53-27-29-23-33(25-34(45)24-29)42-48-39-7-4-5-10-41(39)54-42/h4-5,7,10,12-13,15-25,32,37,46H,3,6,8-9,11,14,26-27H2,1-2H3. The third kappa shape index (κ3) is 8.81. The lowest BCUT2D eigenvalue weighted by Crippen LogP contribution is -2.30. The number of rotatable bonds is 14. The molecule has 54 heavy (non-hydrogen) atoms. The lowest BCUT2D eigenvalue weighted by atomic mass is 9.88. The number of carbonyl (C=O) groups excluding carboxylic acids is 2. The highest BCUT2D eigenvalue weighted by atomic mass is 35.5. The maximum Gasteiger partial charge on any atom is 0.356 e. The molecular formula is C44H42ClN3O6. The van der Waals surface area contributed by atoms with Gasteiger partial charge in [0.05, 0.1) is 19.3 Å². The van der Waals surface area contributed by atoms with Crippen molar-refractivity contribution in [3.8, 4) is 17.2 Å². The number of ether oxygens (including phenoxy) is 3. The summed E-state index contributed by atoms with van der Waals surface area (Å²) in [5, 5.41) is 4.40. The Hall–Kier alpha value is -5.51. The third-order valence-electron chi connectivity index (χ3n) is 9.80. The molecule has 0 fully saturated rings. The summed E-state index contributed by atoms with van der Waals surface area (Å²) < 4.78 is 22.2. The lowest BCUT2D eigenvalue weighted by molar-refractivity contribution is 0.0518. The van der Waals surface area contributed by atoms with Gasteiger partial charge >= 0.3 is 11.9 Å². The number of esters is 2. The Morgan fingerprint density at radius 3 is 2.52 bits per heavy atom. The number of nitrogens with one attached hydrogen (secondary N) is 1. The van der Waals surface area contributed by atoms with Crippen LogP contribution in [-0.2, 0) is 28.9 Å². The van der Waals surface area contributed by atoms with Crippen molar-refractivity contribution in [2.45, 2.75) is 57.6 Å². The normalized spacial score (nSPS) is 14.3. The molecule has 0 saturated heterocycles. The number of oxazole rings is 1. The molecule has 2 unspecified atom stereocenters. The fourth-order valence-electron chi connectivity index (χ4n) is 6.98. The molecule has 2 aromatic heterocycles. The molecule has 276 valence electrons. The van der Waals surface area contributed by atoms with Crippen molar-refractivity contribution in [2.75, 3.05) is 20.3 Å². The van der Waals surface area contributed by atoms with Crippen LogP contribution in [0, 0.1) is 0 Å². The monoisotopic (exact) mass is 743 g/mol. The van der Waals surface area contributed by atoms with Crippen LogP contribution in [0.2, 0.25) is 5.02 Å². The van der Waals surface area contributed by atoms with Crippen LogP contribution in [0.1, 0.15) is 86.9 Å². The zero-order valence-electron chi connectivity index (χ0n) is 30.3. The van der Waals surface area contributed by atoms with Crippen molar-refractivity contribution >= 4 is 34.6 Å². The van der Waals surface area contributed by atoms with Crippen molar-refractivity contribution < 1.29 is 28.2 Å². The van der Waals surface area contributed by atoms with Crippen molar-refractivity contribution in [1.82, 2.24) is 15.3 Å². The van der Waals surface area contributed by atoms with Gasteiger partial charge in [-0.3, -0.25) is 0 Å². The highest BCUT2D eigenvalue weighted by molar-refractivity contribution is 6.30. The summed E-state index contributed by atoms with van der Waals surface area (Å²) in [5.41, 5.74) is 8.51. The Kier molecular flexibility index (Phi) is 11.7. The number of hydrogen-bond donors (Lipinski definition) is 1. The molecule has 0 bridgehead atoms. The molecule has 1 aliphatic carbocycles. The van der Waals surface area contributed by atoms with Crippen LogP contribution in [0.15, 0.2) is 108 Å². The van der Waals surface area contributed by atoms with E-state index in [1.54, 1.807) is 13.0 Å². The Morgan fingerprint density at radius 2 is 1.74 bits per heavy atom. The van der Waals surface area contributed by atoms with E-state index < -0.39 is 5.97 Å². The molecule has 0 saturated carbocycles. The third-order valence-corrected chi connectivity index (χ3v) is 10.0. The average Bonchev–Trinajstić information content (AvgIpc) is 3.65. The second-order valence-corrected chi connectivity index (χ2v) is 13.9. The summed E-state index contributed by atoms with van der Waals surface area (Å²) in [5.74, 6) is 0.698. The Balaban J connectivity index is 1.00. The van der Waals surface area contributed by atoms with Crippen molar-refractivity contribution in [3.05, 3.63) is 147 Å². The van der Waals surface area contributed by atoms with E-state index in [9.17, 15) is 9.59 Å². The van der Waals surface area contributed by atoms with E-state index in [1.165, 1.54) is 12.7 Å². The first-order valence-electron chi connectivity index (χ1n) is 18.3. The van der Waals surface area contributed by atoms with Gasteiger partial charge in [-0.2, -0.15) is 0 Å². The van der Waals surface area contributed by atoms with E-state index in [1.807, 2.05) is 84.9 Å². The van der Waals surface area contributed by atoms with E-state index in [4.69, 9.17) is 30.2 Å². The fraction of sp³-hybridized carbons (Fsp3) is 0.273. The molecule has 0 radical (unpaired) electrons. The predicted molar refractivity (Wildman–Crippen MR) is 208 cm³/mol. The van der Waals surface area contributed by atoms with Crippen molar-refractivity contribution in [3.63, 3.8) is 0 Å². The van der Waals surface area contributed by atoms with Gasteiger partial charge in [0, 0.05) is 28.9 Å². The Morgan fingerprint density at radius 1 is 0.926 bits per heavy atom.